The first-order chi connectivity index (χ1) is 16.0. The molecule has 9 heteroatoms. The van der Waals surface area contributed by atoms with Crippen molar-refractivity contribution in [3.8, 4) is 11.5 Å². The molecule has 2 N–H and O–H groups in total. The molecular weight excluding hydrogens is 442 g/mol. The summed E-state index contributed by atoms with van der Waals surface area (Å²) >= 11 is 0. The highest BCUT2D eigenvalue weighted by Gasteiger charge is 2.23. The maximum absolute atomic E-state index is 12.4. The van der Waals surface area contributed by atoms with Gasteiger partial charge in [-0.05, 0) is 43.9 Å². The standard InChI is InChI=1S/C25H37NO8/c1-7-15(4)24(30)33-20-11-10-18(13-21(20)34-25(31)16(5)8-2)12-19(23(28)29)26-14-17(6)32-22(27)9-3/h10-11,13,15-17,19,26H,7-9,12,14H2,1-6H3,(H,28,29)/t15?,16?,17?,19-/m0/s1. The summed E-state index contributed by atoms with van der Waals surface area (Å²) in [4.78, 5) is 47.9. The molecule has 0 aliphatic heterocycles. The van der Waals surface area contributed by atoms with Gasteiger partial charge in [0, 0.05) is 13.0 Å². The molecule has 0 bridgehead atoms. The molecule has 1 rings (SSSR count). The van der Waals surface area contributed by atoms with Crippen molar-refractivity contribution in [1.82, 2.24) is 5.32 Å². The van der Waals surface area contributed by atoms with Gasteiger partial charge in [0.2, 0.25) is 0 Å². The molecule has 1 aromatic rings. The van der Waals surface area contributed by atoms with Crippen LogP contribution in [-0.2, 0) is 30.3 Å². The van der Waals surface area contributed by atoms with Crippen LogP contribution in [0.1, 0.15) is 66.4 Å². The number of carbonyl (C=O) groups is 4. The monoisotopic (exact) mass is 479 g/mol. The number of hydrogen-bond acceptors (Lipinski definition) is 8. The zero-order valence-corrected chi connectivity index (χ0v) is 20.9. The van der Waals surface area contributed by atoms with Crippen molar-refractivity contribution in [3.63, 3.8) is 0 Å². The number of nitrogens with one attached hydrogen (secondary N) is 1. The molecule has 0 aliphatic carbocycles. The van der Waals surface area contributed by atoms with Crippen LogP contribution < -0.4 is 14.8 Å². The third-order valence-corrected chi connectivity index (χ3v) is 5.47. The second-order valence-corrected chi connectivity index (χ2v) is 8.40. The van der Waals surface area contributed by atoms with Gasteiger partial charge in [0.25, 0.3) is 0 Å². The zero-order chi connectivity index (χ0) is 25.8. The molecule has 0 fully saturated rings. The highest BCUT2D eigenvalue weighted by atomic mass is 16.6. The molecule has 4 atom stereocenters. The van der Waals surface area contributed by atoms with E-state index < -0.39 is 30.1 Å². The lowest BCUT2D eigenvalue weighted by Crippen LogP contribution is -2.42. The number of carboxylic acid groups (broad SMARTS) is 1. The maximum Gasteiger partial charge on any atom is 0.321 e. The fraction of sp³-hybridized carbons (Fsp3) is 0.600. The first-order valence-corrected chi connectivity index (χ1v) is 11.7. The molecule has 0 amide bonds. The molecule has 1 aromatic carbocycles. The SMILES string of the molecule is CCC(=O)OC(C)CN[C@@H](Cc1ccc(OC(=O)C(C)CC)c(OC(=O)C(C)CC)c1)C(=O)O. The third kappa shape index (κ3) is 9.51. The maximum atomic E-state index is 12.4. The summed E-state index contributed by atoms with van der Waals surface area (Å²) in [6.07, 6.45) is 0.975. The van der Waals surface area contributed by atoms with Gasteiger partial charge in [-0.25, -0.2) is 0 Å². The van der Waals surface area contributed by atoms with Gasteiger partial charge in [-0.1, -0.05) is 40.7 Å². The van der Waals surface area contributed by atoms with Crippen LogP contribution >= 0.6 is 0 Å². The van der Waals surface area contributed by atoms with E-state index in [1.807, 2.05) is 13.8 Å². The Balaban J connectivity index is 3.07. The quantitative estimate of drug-likeness (QED) is 0.304. The van der Waals surface area contributed by atoms with E-state index in [1.54, 1.807) is 33.8 Å². The first kappa shape index (κ1) is 29.1. The Labute approximate surface area is 201 Å². The van der Waals surface area contributed by atoms with Crippen molar-refractivity contribution in [1.29, 1.82) is 0 Å². The number of benzene rings is 1. The van der Waals surface area contributed by atoms with E-state index in [9.17, 15) is 24.3 Å². The molecule has 190 valence electrons. The smallest absolute Gasteiger partial charge is 0.321 e. The fourth-order valence-electron chi connectivity index (χ4n) is 2.73. The first-order valence-electron chi connectivity index (χ1n) is 11.7. The van der Waals surface area contributed by atoms with Gasteiger partial charge >= 0.3 is 23.9 Å². The van der Waals surface area contributed by atoms with Gasteiger partial charge in [-0.3, -0.25) is 19.2 Å². The Morgan fingerprint density at radius 2 is 1.47 bits per heavy atom. The minimum atomic E-state index is -1.08. The highest BCUT2D eigenvalue weighted by molar-refractivity contribution is 5.78. The average Bonchev–Trinajstić information content (AvgIpc) is 2.81. The minimum Gasteiger partial charge on any atom is -0.480 e. The molecule has 0 aromatic heterocycles. The minimum absolute atomic E-state index is 0.0637. The van der Waals surface area contributed by atoms with Crippen LogP contribution in [0.15, 0.2) is 18.2 Å². The summed E-state index contributed by atoms with van der Waals surface area (Å²) in [5.41, 5.74) is 0.563. The Kier molecular flexibility index (Phi) is 12.3. The van der Waals surface area contributed by atoms with E-state index in [0.717, 1.165) is 0 Å². The molecule has 9 nitrogen and oxygen atoms in total. The Morgan fingerprint density at radius 3 is 1.97 bits per heavy atom. The van der Waals surface area contributed by atoms with Gasteiger partial charge in [-0.2, -0.15) is 0 Å². The summed E-state index contributed by atoms with van der Waals surface area (Å²) < 4.78 is 16.1. The molecule has 0 saturated heterocycles. The van der Waals surface area contributed by atoms with E-state index in [2.05, 4.69) is 5.32 Å². The summed E-state index contributed by atoms with van der Waals surface area (Å²) in [7, 11) is 0. The molecule has 0 spiro atoms. The van der Waals surface area contributed by atoms with Crippen molar-refractivity contribution < 1.29 is 38.5 Å². The van der Waals surface area contributed by atoms with Crippen molar-refractivity contribution in [3.05, 3.63) is 23.8 Å². The normalized spacial score (nSPS) is 14.4. The van der Waals surface area contributed by atoms with Crippen LogP contribution in [0, 0.1) is 11.8 Å². The number of rotatable bonds is 14. The van der Waals surface area contributed by atoms with Crippen molar-refractivity contribution in [2.24, 2.45) is 11.8 Å². The number of esters is 3. The number of ether oxygens (including phenoxy) is 3. The van der Waals surface area contributed by atoms with Crippen LogP contribution in [0.3, 0.4) is 0 Å². The van der Waals surface area contributed by atoms with Gasteiger partial charge in [0.15, 0.2) is 11.5 Å². The van der Waals surface area contributed by atoms with Gasteiger partial charge in [0.05, 0.1) is 11.8 Å². The van der Waals surface area contributed by atoms with Crippen molar-refractivity contribution in [2.45, 2.75) is 79.4 Å². The predicted molar refractivity (Wildman–Crippen MR) is 126 cm³/mol. The Hall–Kier alpha value is -2.94. The molecule has 0 radical (unpaired) electrons. The molecule has 3 unspecified atom stereocenters. The van der Waals surface area contributed by atoms with Crippen LogP contribution in [0.25, 0.3) is 0 Å². The van der Waals surface area contributed by atoms with Crippen LogP contribution in [0.5, 0.6) is 11.5 Å². The number of carbonyl (C=O) groups excluding carboxylic acids is 3. The summed E-state index contributed by atoms with van der Waals surface area (Å²) in [6.45, 7) is 10.7. The van der Waals surface area contributed by atoms with E-state index >= 15 is 0 Å². The molecular formula is C25H37NO8. The largest absolute Gasteiger partial charge is 0.480 e. The summed E-state index contributed by atoms with van der Waals surface area (Å²) in [5, 5.41) is 12.5. The lowest BCUT2D eigenvalue weighted by atomic mass is 10.0. The summed E-state index contributed by atoms with van der Waals surface area (Å²) in [5.74, 6) is -2.89. The zero-order valence-electron chi connectivity index (χ0n) is 20.9. The fourth-order valence-corrected chi connectivity index (χ4v) is 2.73. The number of aliphatic carboxylic acids is 1. The van der Waals surface area contributed by atoms with Gasteiger partial charge in [-0.15, -0.1) is 0 Å². The Morgan fingerprint density at radius 1 is 0.912 bits per heavy atom. The van der Waals surface area contributed by atoms with Crippen molar-refractivity contribution >= 4 is 23.9 Å². The molecule has 0 aliphatic rings. The van der Waals surface area contributed by atoms with Gasteiger partial charge in [0.1, 0.15) is 12.1 Å². The van der Waals surface area contributed by atoms with E-state index in [0.29, 0.717) is 18.4 Å². The Bertz CT molecular complexity index is 853. The second kappa shape index (κ2) is 14.3. The highest BCUT2D eigenvalue weighted by Crippen LogP contribution is 2.31. The van der Waals surface area contributed by atoms with Crippen LogP contribution in [0.4, 0.5) is 0 Å². The van der Waals surface area contributed by atoms with E-state index in [-0.39, 0.29) is 48.7 Å². The second-order valence-electron chi connectivity index (χ2n) is 8.40. The number of carboxylic acids is 1. The van der Waals surface area contributed by atoms with Crippen LogP contribution in [0.2, 0.25) is 0 Å². The molecule has 0 saturated carbocycles. The lowest BCUT2D eigenvalue weighted by molar-refractivity contribution is -0.147. The van der Waals surface area contributed by atoms with Gasteiger partial charge < -0.3 is 24.6 Å². The summed E-state index contributed by atoms with van der Waals surface area (Å²) in [6, 6.07) is 3.66. The molecule has 34 heavy (non-hydrogen) atoms. The third-order valence-electron chi connectivity index (χ3n) is 5.47. The van der Waals surface area contributed by atoms with Crippen molar-refractivity contribution in [2.75, 3.05) is 6.54 Å². The average molecular weight is 480 g/mol. The lowest BCUT2D eigenvalue weighted by Gasteiger charge is -2.19. The topological polar surface area (TPSA) is 128 Å². The number of hydrogen-bond donors (Lipinski definition) is 2. The molecule has 0 heterocycles. The van der Waals surface area contributed by atoms with E-state index in [1.165, 1.54) is 12.1 Å². The van der Waals surface area contributed by atoms with Crippen LogP contribution in [-0.4, -0.2) is 47.7 Å². The predicted octanol–water partition coefficient (Wildman–Crippen LogP) is 3.52. The van der Waals surface area contributed by atoms with E-state index in [4.69, 9.17) is 14.2 Å².